The molecule has 2 heteroatoms. The van der Waals surface area contributed by atoms with Gasteiger partial charge in [0, 0.05) is 12.8 Å². The molecule has 1 fully saturated rings. The van der Waals surface area contributed by atoms with E-state index in [0.29, 0.717) is 5.92 Å². The second-order valence-corrected chi connectivity index (χ2v) is 2.86. The Morgan fingerprint density at radius 1 is 1.30 bits per heavy atom. The Labute approximate surface area is 61.6 Å². The van der Waals surface area contributed by atoms with E-state index in [-0.39, 0.29) is 6.04 Å². The van der Waals surface area contributed by atoms with Crippen LogP contribution in [0.1, 0.15) is 25.7 Å². The molecule has 0 heterocycles. The average Bonchev–Trinajstić information content (AvgIpc) is 2.05. The topological polar surface area (TPSA) is 28.2 Å². The van der Waals surface area contributed by atoms with Crippen molar-refractivity contribution in [3.05, 3.63) is 11.4 Å². The van der Waals surface area contributed by atoms with Gasteiger partial charge in [0.2, 0.25) is 6.04 Å². The van der Waals surface area contributed by atoms with Gasteiger partial charge in [-0.05, 0) is 25.0 Å². The van der Waals surface area contributed by atoms with Crippen molar-refractivity contribution in [3.8, 4) is 0 Å². The number of nitrogens with zero attached hydrogens (tertiary/aromatic N) is 1. The van der Waals surface area contributed by atoms with Gasteiger partial charge in [0.15, 0.2) is 0 Å². The number of rotatable bonds is 1. The molecule has 1 N–H and O–H groups in total. The van der Waals surface area contributed by atoms with Crippen molar-refractivity contribution in [1.29, 1.82) is 5.41 Å². The molecule has 1 rings (SSSR count). The van der Waals surface area contributed by atoms with E-state index >= 15 is 0 Å². The van der Waals surface area contributed by atoms with Crippen molar-refractivity contribution in [2.75, 3.05) is 0 Å². The lowest BCUT2D eigenvalue weighted by Crippen LogP contribution is -2.16. The highest BCUT2D eigenvalue weighted by Gasteiger charge is 2.22. The third-order valence-electron chi connectivity index (χ3n) is 2.16. The van der Waals surface area contributed by atoms with Gasteiger partial charge in [-0.15, -0.1) is 0 Å². The van der Waals surface area contributed by atoms with Crippen LogP contribution in [0, 0.1) is 17.9 Å². The molecule has 10 heavy (non-hydrogen) atoms. The van der Waals surface area contributed by atoms with Crippen LogP contribution in [0.25, 0.3) is 4.85 Å². The molecule has 0 aromatic heterocycles. The van der Waals surface area contributed by atoms with E-state index < -0.39 is 0 Å². The molecule has 0 aromatic carbocycles. The summed E-state index contributed by atoms with van der Waals surface area (Å²) in [6.07, 6.45) is 5.64. The lowest BCUT2D eigenvalue weighted by molar-refractivity contribution is 0.426. The Bertz CT molecular complexity index is 149. The summed E-state index contributed by atoms with van der Waals surface area (Å²) in [5.41, 5.74) is 0. The first kappa shape index (κ1) is 7.27. The number of nitrogens with one attached hydrogen (secondary N) is 1. The molecular formula is C8H12N2. The van der Waals surface area contributed by atoms with E-state index in [9.17, 15) is 0 Å². The SMILES string of the molecule is [C-]#[N+]C1CCC(C=N)CC1. The zero-order chi connectivity index (χ0) is 7.40. The fourth-order valence-electron chi connectivity index (χ4n) is 1.40. The van der Waals surface area contributed by atoms with Crippen molar-refractivity contribution in [3.63, 3.8) is 0 Å². The summed E-state index contributed by atoms with van der Waals surface area (Å²) in [5.74, 6) is 0.470. The monoisotopic (exact) mass is 136 g/mol. The maximum atomic E-state index is 7.02. The van der Waals surface area contributed by atoms with Gasteiger partial charge in [0.1, 0.15) is 0 Å². The summed E-state index contributed by atoms with van der Waals surface area (Å²) in [6, 6.07) is 0.260. The number of hydrogen-bond acceptors (Lipinski definition) is 1. The molecule has 0 aliphatic heterocycles. The molecule has 1 saturated carbocycles. The maximum absolute atomic E-state index is 7.02. The minimum Gasteiger partial charge on any atom is -0.314 e. The van der Waals surface area contributed by atoms with Gasteiger partial charge in [-0.1, -0.05) is 0 Å². The zero-order valence-electron chi connectivity index (χ0n) is 6.01. The first-order chi connectivity index (χ1) is 4.86. The first-order valence-corrected chi connectivity index (χ1v) is 3.74. The van der Waals surface area contributed by atoms with Gasteiger partial charge < -0.3 is 10.3 Å². The Morgan fingerprint density at radius 3 is 2.30 bits per heavy atom. The van der Waals surface area contributed by atoms with Crippen molar-refractivity contribution in [2.24, 2.45) is 5.92 Å². The molecule has 0 atom stereocenters. The lowest BCUT2D eigenvalue weighted by Gasteiger charge is -2.17. The number of hydrogen-bond donors (Lipinski definition) is 1. The van der Waals surface area contributed by atoms with Gasteiger partial charge >= 0.3 is 0 Å². The van der Waals surface area contributed by atoms with E-state index in [1.807, 2.05) is 0 Å². The standard InChI is InChI=1S/C8H12N2/c1-10-8-4-2-7(6-9)3-5-8/h6-9H,2-5H2. The van der Waals surface area contributed by atoms with Crippen molar-refractivity contribution < 1.29 is 0 Å². The van der Waals surface area contributed by atoms with Crippen LogP contribution < -0.4 is 0 Å². The third kappa shape index (κ3) is 1.57. The van der Waals surface area contributed by atoms with Crippen molar-refractivity contribution in [2.45, 2.75) is 31.7 Å². The van der Waals surface area contributed by atoms with E-state index in [1.165, 1.54) is 6.21 Å². The zero-order valence-corrected chi connectivity index (χ0v) is 6.01. The average molecular weight is 136 g/mol. The summed E-state index contributed by atoms with van der Waals surface area (Å²) in [4.78, 5) is 3.49. The lowest BCUT2D eigenvalue weighted by atomic mass is 9.87. The fraction of sp³-hybridized carbons (Fsp3) is 0.750. The molecule has 0 radical (unpaired) electrons. The smallest absolute Gasteiger partial charge is 0.223 e. The largest absolute Gasteiger partial charge is 0.314 e. The molecule has 2 nitrogen and oxygen atoms in total. The Hall–Kier alpha value is -0.840. The van der Waals surface area contributed by atoms with Crippen molar-refractivity contribution >= 4 is 6.21 Å². The van der Waals surface area contributed by atoms with Gasteiger partial charge in [0.25, 0.3) is 0 Å². The first-order valence-electron chi connectivity index (χ1n) is 3.74. The quantitative estimate of drug-likeness (QED) is 0.422. The van der Waals surface area contributed by atoms with Crippen LogP contribution >= 0.6 is 0 Å². The summed E-state index contributed by atoms with van der Waals surface area (Å²) >= 11 is 0. The predicted octanol–water partition coefficient (Wildman–Crippen LogP) is 2.11. The van der Waals surface area contributed by atoms with E-state index in [0.717, 1.165) is 25.7 Å². The Kier molecular flexibility index (Phi) is 2.44. The minimum absolute atomic E-state index is 0.260. The Morgan fingerprint density at radius 2 is 1.90 bits per heavy atom. The van der Waals surface area contributed by atoms with E-state index in [2.05, 4.69) is 4.85 Å². The molecule has 1 aliphatic carbocycles. The highest BCUT2D eigenvalue weighted by atomic mass is 14.7. The summed E-state index contributed by atoms with van der Waals surface area (Å²) in [5, 5.41) is 7.02. The van der Waals surface area contributed by atoms with Gasteiger partial charge in [0.05, 0.1) is 0 Å². The molecule has 0 unspecified atom stereocenters. The highest BCUT2D eigenvalue weighted by Crippen LogP contribution is 2.24. The van der Waals surface area contributed by atoms with Crippen LogP contribution in [-0.2, 0) is 0 Å². The molecule has 0 aromatic rings. The molecule has 54 valence electrons. The van der Waals surface area contributed by atoms with Crippen LogP contribution in [0.4, 0.5) is 0 Å². The molecule has 0 bridgehead atoms. The normalized spacial score (nSPS) is 32.7. The Balaban J connectivity index is 2.32. The van der Waals surface area contributed by atoms with Crippen LogP contribution in [0.5, 0.6) is 0 Å². The van der Waals surface area contributed by atoms with Crippen LogP contribution in [0.2, 0.25) is 0 Å². The molecule has 0 spiro atoms. The molecular weight excluding hydrogens is 124 g/mol. The third-order valence-corrected chi connectivity index (χ3v) is 2.16. The van der Waals surface area contributed by atoms with Gasteiger partial charge in [-0.2, -0.15) is 0 Å². The van der Waals surface area contributed by atoms with E-state index in [4.69, 9.17) is 12.0 Å². The van der Waals surface area contributed by atoms with Crippen LogP contribution in [0.15, 0.2) is 0 Å². The second kappa shape index (κ2) is 3.36. The summed E-state index contributed by atoms with van der Waals surface area (Å²) in [7, 11) is 0. The second-order valence-electron chi connectivity index (χ2n) is 2.86. The maximum Gasteiger partial charge on any atom is 0.223 e. The van der Waals surface area contributed by atoms with Crippen LogP contribution in [-0.4, -0.2) is 12.3 Å². The van der Waals surface area contributed by atoms with Gasteiger partial charge in [-0.25, -0.2) is 6.57 Å². The highest BCUT2D eigenvalue weighted by molar-refractivity contribution is 5.56. The summed E-state index contributed by atoms with van der Waals surface area (Å²) < 4.78 is 0. The van der Waals surface area contributed by atoms with Crippen LogP contribution in [0.3, 0.4) is 0 Å². The minimum atomic E-state index is 0.260. The molecule has 0 saturated heterocycles. The summed E-state index contributed by atoms with van der Waals surface area (Å²) in [6.45, 7) is 6.79. The predicted molar refractivity (Wildman–Crippen MR) is 41.1 cm³/mol. The molecule has 0 amide bonds. The fourth-order valence-corrected chi connectivity index (χ4v) is 1.40. The van der Waals surface area contributed by atoms with Crippen molar-refractivity contribution in [1.82, 2.24) is 0 Å². The van der Waals surface area contributed by atoms with Gasteiger partial charge in [-0.3, -0.25) is 0 Å². The molecule has 1 aliphatic rings. The van der Waals surface area contributed by atoms with E-state index in [1.54, 1.807) is 0 Å².